The second kappa shape index (κ2) is 7.75. The molecule has 0 radical (unpaired) electrons. The number of amides is 1. The van der Waals surface area contributed by atoms with E-state index in [9.17, 15) is 4.79 Å². The van der Waals surface area contributed by atoms with Gasteiger partial charge < -0.3 is 20.4 Å². The number of fused-ring (bicyclic) bond motifs is 1. The van der Waals surface area contributed by atoms with Gasteiger partial charge in [0.25, 0.3) is 0 Å². The van der Waals surface area contributed by atoms with Gasteiger partial charge in [0.1, 0.15) is 12.4 Å². The normalized spacial score (nSPS) is 11.1. The Bertz CT molecular complexity index is 594. The summed E-state index contributed by atoms with van der Waals surface area (Å²) in [4.78, 5) is 15.2. The van der Waals surface area contributed by atoms with Gasteiger partial charge in [-0.1, -0.05) is 19.1 Å². The summed E-state index contributed by atoms with van der Waals surface area (Å²) in [6, 6.07) is 8.16. The predicted octanol–water partition coefficient (Wildman–Crippen LogP) is 1.04. The van der Waals surface area contributed by atoms with Gasteiger partial charge in [-0.25, -0.2) is 4.98 Å². The number of aromatic nitrogens is 2. The van der Waals surface area contributed by atoms with Gasteiger partial charge in [-0.2, -0.15) is 0 Å². The number of hydrogen-bond acceptors (Lipinski definition) is 4. The van der Waals surface area contributed by atoms with Crippen molar-refractivity contribution in [2.24, 2.45) is 5.73 Å². The minimum absolute atomic E-state index is 0.0317. The Kier molecular flexibility index (Phi) is 5.71. The van der Waals surface area contributed by atoms with E-state index in [0.29, 0.717) is 19.7 Å². The van der Waals surface area contributed by atoms with Crippen molar-refractivity contribution in [3.8, 4) is 0 Å². The van der Waals surface area contributed by atoms with Gasteiger partial charge in [-0.3, -0.25) is 4.79 Å². The van der Waals surface area contributed by atoms with Crippen molar-refractivity contribution in [1.29, 1.82) is 0 Å². The lowest BCUT2D eigenvalue weighted by Gasteiger charge is -2.09. The lowest BCUT2D eigenvalue weighted by atomic mass is 10.3. The van der Waals surface area contributed by atoms with E-state index in [4.69, 9.17) is 10.5 Å². The molecular formula is C15H22N4O2. The Hall–Kier alpha value is -1.92. The van der Waals surface area contributed by atoms with E-state index in [1.54, 1.807) is 0 Å². The summed E-state index contributed by atoms with van der Waals surface area (Å²) in [6.07, 6.45) is 1.06. The number of nitrogens with zero attached hydrogens (tertiary/aromatic N) is 2. The smallest absolute Gasteiger partial charge is 0.243 e. The number of para-hydroxylation sites is 2. The molecule has 6 heteroatoms. The molecule has 0 saturated heterocycles. The van der Waals surface area contributed by atoms with Crippen LogP contribution in [0.25, 0.3) is 11.0 Å². The lowest BCUT2D eigenvalue weighted by Crippen LogP contribution is -2.24. The molecule has 0 bridgehead atoms. The molecule has 0 aliphatic rings. The fraction of sp³-hybridized carbons (Fsp3) is 0.467. The van der Waals surface area contributed by atoms with Gasteiger partial charge in [0.15, 0.2) is 0 Å². The van der Waals surface area contributed by atoms with Crippen LogP contribution in [0.3, 0.4) is 0 Å². The average molecular weight is 290 g/mol. The van der Waals surface area contributed by atoms with Crippen molar-refractivity contribution >= 4 is 16.9 Å². The highest BCUT2D eigenvalue weighted by molar-refractivity contribution is 5.76. The third-order valence-electron chi connectivity index (χ3n) is 3.13. The minimum atomic E-state index is -0.445. The summed E-state index contributed by atoms with van der Waals surface area (Å²) in [5, 5.41) is 3.27. The molecule has 6 nitrogen and oxygen atoms in total. The molecule has 1 amide bonds. The van der Waals surface area contributed by atoms with Gasteiger partial charge in [0, 0.05) is 13.1 Å². The first-order valence-electron chi connectivity index (χ1n) is 7.23. The number of benzene rings is 1. The van der Waals surface area contributed by atoms with Crippen LogP contribution < -0.4 is 11.1 Å². The van der Waals surface area contributed by atoms with Crippen LogP contribution in [0.1, 0.15) is 19.2 Å². The van der Waals surface area contributed by atoms with Crippen molar-refractivity contribution in [1.82, 2.24) is 14.9 Å². The Morgan fingerprint density at radius 3 is 3.00 bits per heavy atom. The number of nitrogens with one attached hydrogen (secondary N) is 1. The highest BCUT2D eigenvalue weighted by Gasteiger charge is 2.08. The Labute approximate surface area is 124 Å². The molecule has 21 heavy (non-hydrogen) atoms. The molecule has 0 aliphatic heterocycles. The predicted molar refractivity (Wildman–Crippen MR) is 81.7 cm³/mol. The molecule has 0 atom stereocenters. The fourth-order valence-electron chi connectivity index (χ4n) is 2.25. The molecule has 1 aromatic carbocycles. The Balaban J connectivity index is 1.91. The average Bonchev–Trinajstić information content (AvgIpc) is 2.81. The number of rotatable bonds is 9. The summed E-state index contributed by atoms with van der Waals surface area (Å²) in [5.41, 5.74) is 7.19. The first kappa shape index (κ1) is 15.5. The molecule has 0 spiro atoms. The van der Waals surface area contributed by atoms with Crippen LogP contribution in [0.2, 0.25) is 0 Å². The molecule has 0 unspecified atom stereocenters. The number of nitrogens with two attached hydrogens (primary N) is 1. The van der Waals surface area contributed by atoms with Gasteiger partial charge in [-0.05, 0) is 18.6 Å². The van der Waals surface area contributed by atoms with Crippen LogP contribution in [-0.4, -0.2) is 35.2 Å². The van der Waals surface area contributed by atoms with E-state index < -0.39 is 5.91 Å². The molecule has 1 aromatic heterocycles. The summed E-state index contributed by atoms with van der Waals surface area (Å²) in [7, 11) is 0. The third-order valence-corrected chi connectivity index (χ3v) is 3.13. The van der Waals surface area contributed by atoms with Crippen LogP contribution in [0.5, 0.6) is 0 Å². The molecule has 2 aromatic rings. The first-order valence-corrected chi connectivity index (χ1v) is 7.23. The molecule has 1 heterocycles. The molecule has 0 fully saturated rings. The van der Waals surface area contributed by atoms with Gasteiger partial charge in [-0.15, -0.1) is 0 Å². The molecular weight excluding hydrogens is 268 g/mol. The molecule has 114 valence electrons. The molecule has 0 aliphatic carbocycles. The minimum Gasteiger partial charge on any atom is -0.370 e. The lowest BCUT2D eigenvalue weighted by molar-refractivity contribution is -0.122. The number of carbonyl (C=O) groups is 1. The van der Waals surface area contributed by atoms with Crippen molar-refractivity contribution in [2.45, 2.75) is 26.4 Å². The SMILES string of the molecule is CCCn1c(CNCCOCC(N)=O)nc2ccccc21. The maximum absolute atomic E-state index is 10.5. The van der Waals surface area contributed by atoms with Crippen molar-refractivity contribution in [2.75, 3.05) is 19.8 Å². The van der Waals surface area contributed by atoms with E-state index in [0.717, 1.165) is 24.3 Å². The Morgan fingerprint density at radius 1 is 1.43 bits per heavy atom. The number of imidazole rings is 1. The van der Waals surface area contributed by atoms with Gasteiger partial charge >= 0.3 is 0 Å². The fourth-order valence-corrected chi connectivity index (χ4v) is 2.25. The van der Waals surface area contributed by atoms with Crippen molar-refractivity contribution in [3.63, 3.8) is 0 Å². The summed E-state index contributed by atoms with van der Waals surface area (Å²) in [6.45, 7) is 4.86. The number of ether oxygens (including phenoxy) is 1. The number of aryl methyl sites for hydroxylation is 1. The summed E-state index contributed by atoms with van der Waals surface area (Å²) >= 11 is 0. The first-order chi connectivity index (χ1) is 10.2. The zero-order chi connectivity index (χ0) is 15.1. The van der Waals surface area contributed by atoms with E-state index in [-0.39, 0.29) is 6.61 Å². The maximum atomic E-state index is 10.5. The van der Waals surface area contributed by atoms with Crippen LogP contribution in [0, 0.1) is 0 Å². The Morgan fingerprint density at radius 2 is 2.24 bits per heavy atom. The van der Waals surface area contributed by atoms with Crippen LogP contribution in [0.4, 0.5) is 0 Å². The van der Waals surface area contributed by atoms with E-state index >= 15 is 0 Å². The highest BCUT2D eigenvalue weighted by Crippen LogP contribution is 2.16. The summed E-state index contributed by atoms with van der Waals surface area (Å²) in [5.74, 6) is 0.577. The second-order valence-electron chi connectivity index (χ2n) is 4.86. The monoisotopic (exact) mass is 290 g/mol. The highest BCUT2D eigenvalue weighted by atomic mass is 16.5. The summed E-state index contributed by atoms with van der Waals surface area (Å²) < 4.78 is 7.35. The largest absolute Gasteiger partial charge is 0.370 e. The maximum Gasteiger partial charge on any atom is 0.243 e. The van der Waals surface area contributed by atoms with Crippen molar-refractivity contribution < 1.29 is 9.53 Å². The molecule has 0 saturated carbocycles. The van der Waals surface area contributed by atoms with Crippen LogP contribution >= 0.6 is 0 Å². The standard InChI is InChI=1S/C15H22N4O2/c1-2-8-19-13-6-4-3-5-12(13)18-15(19)10-17-7-9-21-11-14(16)20/h3-6,17H,2,7-11H2,1H3,(H2,16,20). The van der Waals surface area contributed by atoms with E-state index in [1.807, 2.05) is 18.2 Å². The quantitative estimate of drug-likeness (QED) is 0.676. The zero-order valence-electron chi connectivity index (χ0n) is 12.3. The molecule has 3 N–H and O–H groups in total. The van der Waals surface area contributed by atoms with Crippen molar-refractivity contribution in [3.05, 3.63) is 30.1 Å². The molecule has 2 rings (SSSR count). The number of hydrogen-bond donors (Lipinski definition) is 2. The van der Waals surface area contributed by atoms with E-state index in [1.165, 1.54) is 5.52 Å². The topological polar surface area (TPSA) is 82.2 Å². The number of carbonyl (C=O) groups excluding carboxylic acids is 1. The third kappa shape index (κ3) is 4.27. The number of primary amides is 1. The van der Waals surface area contributed by atoms with Gasteiger partial charge in [0.2, 0.25) is 5.91 Å². The van der Waals surface area contributed by atoms with E-state index in [2.05, 4.69) is 27.9 Å². The second-order valence-corrected chi connectivity index (χ2v) is 4.86. The van der Waals surface area contributed by atoms with Crippen LogP contribution in [-0.2, 0) is 22.6 Å². The van der Waals surface area contributed by atoms with Gasteiger partial charge in [0.05, 0.1) is 24.2 Å². The van der Waals surface area contributed by atoms with Crippen LogP contribution in [0.15, 0.2) is 24.3 Å². The zero-order valence-corrected chi connectivity index (χ0v) is 12.3.